The van der Waals surface area contributed by atoms with Gasteiger partial charge in [-0.1, -0.05) is 40.0 Å². The van der Waals surface area contributed by atoms with E-state index in [2.05, 4.69) is 13.8 Å². The average Bonchev–Trinajstić information content (AvgIpc) is 3.65. The molecule has 2 saturated carbocycles. The zero-order valence-corrected chi connectivity index (χ0v) is 24.7. The second-order valence-electron chi connectivity index (χ2n) is 13.7. The van der Waals surface area contributed by atoms with Crippen LogP contribution < -0.4 is 0 Å². The lowest BCUT2D eigenvalue weighted by atomic mass is 9.60. The predicted octanol–water partition coefficient (Wildman–Crippen LogP) is 6.30. The smallest absolute Gasteiger partial charge is 0.312 e. The molecule has 0 N–H and O–H groups in total. The Labute approximate surface area is 229 Å². The van der Waals surface area contributed by atoms with E-state index in [4.69, 9.17) is 18.9 Å². The van der Waals surface area contributed by atoms with E-state index in [0.29, 0.717) is 18.3 Å². The number of esters is 3. The molecule has 216 valence electrons. The molecule has 1 spiro atoms. The molecule has 5 aliphatic rings. The lowest BCUT2D eigenvalue weighted by Gasteiger charge is -2.52. The van der Waals surface area contributed by atoms with Crippen molar-refractivity contribution in [1.29, 1.82) is 0 Å². The van der Waals surface area contributed by atoms with Crippen LogP contribution in [0.15, 0.2) is 0 Å². The van der Waals surface area contributed by atoms with Crippen molar-refractivity contribution in [3.8, 4) is 0 Å². The zero-order valence-electron chi connectivity index (χ0n) is 24.7. The predicted molar refractivity (Wildman–Crippen MR) is 143 cm³/mol. The molecule has 5 rings (SSSR count). The molecule has 3 heterocycles. The molecule has 0 aromatic heterocycles. The van der Waals surface area contributed by atoms with E-state index in [1.165, 1.54) is 44.9 Å². The summed E-state index contributed by atoms with van der Waals surface area (Å²) >= 11 is 0. The second-order valence-corrected chi connectivity index (χ2v) is 13.7. The molecular weight excluding hydrogens is 484 g/mol. The standard InChI is InChI=1S/C18H32O2.C13H18O5/c1-5-16(3,4)15(19)20-18(6-2)14-10-9-13-17(18)11-7-8-12-17;1-4-13(2,3)12(15)18-9-7-5-6-8(16-7)10(9)17-11(6)14/h5-14H2,1-4H3;6-10H,4-5H2,1-3H3. The molecule has 2 aliphatic carbocycles. The van der Waals surface area contributed by atoms with Crippen molar-refractivity contribution >= 4 is 17.9 Å². The summed E-state index contributed by atoms with van der Waals surface area (Å²) in [7, 11) is 0. The summed E-state index contributed by atoms with van der Waals surface area (Å²) in [5.74, 6) is -0.574. The maximum atomic E-state index is 12.6. The fourth-order valence-corrected chi connectivity index (χ4v) is 7.18. The molecule has 0 radical (unpaired) electrons. The maximum absolute atomic E-state index is 12.6. The molecule has 0 aromatic carbocycles. The third-order valence-electron chi connectivity index (χ3n) is 10.8. The molecule has 6 atom stereocenters. The number of carbonyl (C=O) groups is 3. The first-order valence-electron chi connectivity index (χ1n) is 15.2. The molecule has 5 fully saturated rings. The fourth-order valence-electron chi connectivity index (χ4n) is 7.18. The van der Waals surface area contributed by atoms with Crippen LogP contribution in [0.1, 0.15) is 126 Å². The van der Waals surface area contributed by atoms with Crippen LogP contribution in [0.5, 0.6) is 0 Å². The number of hydrogen-bond donors (Lipinski definition) is 0. The van der Waals surface area contributed by atoms with Crippen molar-refractivity contribution in [2.24, 2.45) is 22.2 Å². The number of hydrogen-bond acceptors (Lipinski definition) is 7. The van der Waals surface area contributed by atoms with Crippen LogP contribution >= 0.6 is 0 Å². The summed E-state index contributed by atoms with van der Waals surface area (Å²) in [5.41, 5.74) is -0.742. The van der Waals surface area contributed by atoms with Crippen LogP contribution in [0.3, 0.4) is 0 Å². The highest BCUT2D eigenvalue weighted by atomic mass is 16.7. The Morgan fingerprint density at radius 2 is 1.42 bits per heavy atom. The van der Waals surface area contributed by atoms with Crippen LogP contribution in [-0.4, -0.2) is 47.9 Å². The Hall–Kier alpha value is -1.63. The van der Waals surface area contributed by atoms with Gasteiger partial charge in [-0.25, -0.2) is 0 Å². The van der Waals surface area contributed by atoms with Crippen LogP contribution in [0, 0.1) is 22.2 Å². The molecular formula is C31H50O7. The Morgan fingerprint density at radius 3 is 1.97 bits per heavy atom. The number of ether oxygens (including phenoxy) is 4. The molecule has 3 saturated heterocycles. The van der Waals surface area contributed by atoms with Crippen molar-refractivity contribution in [3.05, 3.63) is 0 Å². The molecule has 6 unspecified atom stereocenters. The minimum absolute atomic E-state index is 0.0232. The summed E-state index contributed by atoms with van der Waals surface area (Å²) < 4.78 is 22.7. The monoisotopic (exact) mass is 534 g/mol. The van der Waals surface area contributed by atoms with E-state index in [1.54, 1.807) is 0 Å². The van der Waals surface area contributed by atoms with E-state index >= 15 is 0 Å². The molecule has 7 nitrogen and oxygen atoms in total. The van der Waals surface area contributed by atoms with Gasteiger partial charge in [0.25, 0.3) is 0 Å². The highest BCUT2D eigenvalue weighted by Crippen LogP contribution is 2.58. The third-order valence-corrected chi connectivity index (χ3v) is 10.8. The van der Waals surface area contributed by atoms with Gasteiger partial charge in [-0.2, -0.15) is 0 Å². The molecule has 3 aliphatic heterocycles. The third kappa shape index (κ3) is 5.01. The Kier molecular flexibility index (Phi) is 8.30. The van der Waals surface area contributed by atoms with Crippen molar-refractivity contribution in [2.45, 2.75) is 156 Å². The molecule has 0 amide bonds. The SMILES string of the molecule is CCC(C)(C)C(=O)OC1(CC)CCCCC12CCCC2.CCC(C)(C)C(=O)OC1C2CC3C(=O)OC1C3O2. The topological polar surface area (TPSA) is 88.1 Å². The average molecular weight is 535 g/mol. The minimum Gasteiger partial charge on any atom is -0.458 e. The van der Waals surface area contributed by atoms with Gasteiger partial charge < -0.3 is 18.9 Å². The molecule has 38 heavy (non-hydrogen) atoms. The number of rotatable bonds is 7. The van der Waals surface area contributed by atoms with Gasteiger partial charge in [-0.15, -0.1) is 0 Å². The van der Waals surface area contributed by atoms with Gasteiger partial charge in [-0.3, -0.25) is 14.4 Å². The lowest BCUT2D eigenvalue weighted by Crippen LogP contribution is -2.53. The van der Waals surface area contributed by atoms with Crippen molar-refractivity contribution in [3.63, 3.8) is 0 Å². The van der Waals surface area contributed by atoms with Gasteiger partial charge in [0.2, 0.25) is 0 Å². The van der Waals surface area contributed by atoms with E-state index in [9.17, 15) is 14.4 Å². The number of carbonyl (C=O) groups excluding carboxylic acids is 3. The maximum Gasteiger partial charge on any atom is 0.312 e. The summed E-state index contributed by atoms with van der Waals surface area (Å²) in [6.45, 7) is 14.0. The highest BCUT2D eigenvalue weighted by Gasteiger charge is 2.65. The van der Waals surface area contributed by atoms with Gasteiger partial charge >= 0.3 is 17.9 Å². The zero-order chi connectivity index (χ0) is 27.9. The summed E-state index contributed by atoms with van der Waals surface area (Å²) in [5, 5.41) is 0. The Balaban J connectivity index is 0.000000178. The van der Waals surface area contributed by atoms with Crippen LogP contribution in [0.4, 0.5) is 0 Å². The second kappa shape index (κ2) is 10.7. The van der Waals surface area contributed by atoms with Crippen LogP contribution in [0.2, 0.25) is 0 Å². The van der Waals surface area contributed by atoms with Gasteiger partial charge in [0.1, 0.15) is 11.7 Å². The first-order valence-corrected chi connectivity index (χ1v) is 15.2. The fraction of sp³-hybridized carbons (Fsp3) is 0.903. The van der Waals surface area contributed by atoms with Gasteiger partial charge in [0.05, 0.1) is 22.9 Å². The first-order chi connectivity index (χ1) is 17.9. The quantitative estimate of drug-likeness (QED) is 0.280. The van der Waals surface area contributed by atoms with Crippen LogP contribution in [0.25, 0.3) is 0 Å². The molecule has 7 heteroatoms. The van der Waals surface area contributed by atoms with Crippen molar-refractivity contribution in [2.75, 3.05) is 0 Å². The highest BCUT2D eigenvalue weighted by molar-refractivity contribution is 5.79. The van der Waals surface area contributed by atoms with Crippen LogP contribution in [-0.2, 0) is 33.3 Å². The van der Waals surface area contributed by atoms with Gasteiger partial charge in [0.15, 0.2) is 12.2 Å². The van der Waals surface area contributed by atoms with E-state index < -0.39 is 17.6 Å². The molecule has 0 aromatic rings. The van der Waals surface area contributed by atoms with E-state index in [1.807, 2.05) is 34.6 Å². The lowest BCUT2D eigenvalue weighted by molar-refractivity contribution is -0.197. The Bertz CT molecular complexity index is 902. The minimum atomic E-state index is -0.510. The summed E-state index contributed by atoms with van der Waals surface area (Å²) in [6.07, 6.45) is 12.0. The van der Waals surface area contributed by atoms with Gasteiger partial charge in [0, 0.05) is 5.41 Å². The van der Waals surface area contributed by atoms with Crippen molar-refractivity contribution in [1.82, 2.24) is 0 Å². The van der Waals surface area contributed by atoms with Crippen molar-refractivity contribution < 1.29 is 33.3 Å². The molecule has 2 bridgehead atoms. The Morgan fingerprint density at radius 1 is 0.868 bits per heavy atom. The number of fused-ring (bicyclic) bond motifs is 1. The largest absolute Gasteiger partial charge is 0.458 e. The van der Waals surface area contributed by atoms with Gasteiger partial charge in [-0.05, 0) is 85.5 Å². The summed E-state index contributed by atoms with van der Waals surface area (Å²) in [4.78, 5) is 36.2. The first kappa shape index (κ1) is 29.4. The van der Waals surface area contributed by atoms with E-state index in [-0.39, 0.29) is 47.0 Å². The summed E-state index contributed by atoms with van der Waals surface area (Å²) in [6, 6.07) is 0. The normalized spacial score (nSPS) is 35.0. The van der Waals surface area contributed by atoms with E-state index in [0.717, 1.165) is 19.3 Å².